The van der Waals surface area contributed by atoms with Crippen molar-refractivity contribution < 1.29 is 4.79 Å². The number of nitrogens with zero attached hydrogens (tertiary/aromatic N) is 3. The number of carbonyl (C=O) groups is 1. The average Bonchev–Trinajstić information content (AvgIpc) is 3.20. The highest BCUT2D eigenvalue weighted by molar-refractivity contribution is 6.01. The first-order valence-corrected chi connectivity index (χ1v) is 7.34. The van der Waals surface area contributed by atoms with Crippen LogP contribution in [0.25, 0.3) is 5.65 Å². The van der Waals surface area contributed by atoms with Crippen molar-refractivity contribution in [1.29, 1.82) is 0 Å². The van der Waals surface area contributed by atoms with Crippen molar-refractivity contribution in [2.45, 2.75) is 39.7 Å². The van der Waals surface area contributed by atoms with E-state index in [0.29, 0.717) is 29.4 Å². The van der Waals surface area contributed by atoms with E-state index in [0.717, 1.165) is 11.4 Å². The molecule has 1 amide bonds. The molecular formula is C15H21N5O. The standard InChI is InChI=1S/C15H21N5O/c1-8-6-9(2)20-14(18-8)13(10(3)19-20)15(21)17-7-12(16)11-4-5-11/h6,11-12H,4-5,7,16H2,1-3H3,(H,17,21). The molecule has 2 heterocycles. The molecule has 1 saturated carbocycles. The molecule has 3 N–H and O–H groups in total. The first-order chi connectivity index (χ1) is 9.97. The van der Waals surface area contributed by atoms with Gasteiger partial charge < -0.3 is 11.1 Å². The third-order valence-corrected chi connectivity index (χ3v) is 4.02. The van der Waals surface area contributed by atoms with Crippen LogP contribution in [0.4, 0.5) is 0 Å². The third kappa shape index (κ3) is 2.63. The van der Waals surface area contributed by atoms with E-state index in [9.17, 15) is 4.79 Å². The normalized spacial score (nSPS) is 16.2. The Balaban J connectivity index is 1.88. The molecule has 6 heteroatoms. The number of nitrogens with two attached hydrogens (primary N) is 1. The summed E-state index contributed by atoms with van der Waals surface area (Å²) in [7, 11) is 0. The smallest absolute Gasteiger partial charge is 0.257 e. The van der Waals surface area contributed by atoms with Gasteiger partial charge in [-0.15, -0.1) is 0 Å². The predicted octanol–water partition coefficient (Wildman–Crippen LogP) is 1.12. The molecule has 0 bridgehead atoms. The average molecular weight is 287 g/mol. The topological polar surface area (TPSA) is 85.3 Å². The Kier molecular flexibility index (Phi) is 3.41. The van der Waals surface area contributed by atoms with Gasteiger partial charge in [-0.1, -0.05) is 0 Å². The molecule has 1 atom stereocenters. The molecule has 6 nitrogen and oxygen atoms in total. The van der Waals surface area contributed by atoms with Crippen molar-refractivity contribution in [2.24, 2.45) is 11.7 Å². The monoisotopic (exact) mass is 287 g/mol. The Hall–Kier alpha value is -1.95. The van der Waals surface area contributed by atoms with Crippen molar-refractivity contribution in [2.75, 3.05) is 6.54 Å². The Morgan fingerprint density at radius 1 is 1.48 bits per heavy atom. The minimum Gasteiger partial charge on any atom is -0.350 e. The highest BCUT2D eigenvalue weighted by Gasteiger charge is 2.29. The molecule has 1 aliphatic rings. The lowest BCUT2D eigenvalue weighted by Gasteiger charge is -2.11. The van der Waals surface area contributed by atoms with Crippen LogP contribution in [0.3, 0.4) is 0 Å². The number of aromatic nitrogens is 3. The number of hydrogen-bond donors (Lipinski definition) is 2. The number of hydrogen-bond acceptors (Lipinski definition) is 4. The number of rotatable bonds is 4. The molecule has 0 aliphatic heterocycles. The lowest BCUT2D eigenvalue weighted by Crippen LogP contribution is -2.38. The number of carbonyl (C=O) groups excluding carboxylic acids is 1. The van der Waals surface area contributed by atoms with Gasteiger partial charge in [-0.25, -0.2) is 9.50 Å². The van der Waals surface area contributed by atoms with Gasteiger partial charge in [-0.2, -0.15) is 5.10 Å². The summed E-state index contributed by atoms with van der Waals surface area (Å²) in [6.07, 6.45) is 2.35. The van der Waals surface area contributed by atoms with Crippen LogP contribution in [0.1, 0.15) is 40.3 Å². The van der Waals surface area contributed by atoms with Crippen molar-refractivity contribution in [3.63, 3.8) is 0 Å². The lowest BCUT2D eigenvalue weighted by molar-refractivity contribution is 0.0951. The van der Waals surface area contributed by atoms with Gasteiger partial charge in [0.1, 0.15) is 5.56 Å². The summed E-state index contributed by atoms with van der Waals surface area (Å²) in [4.78, 5) is 16.9. The van der Waals surface area contributed by atoms with Crippen LogP contribution in [0, 0.1) is 26.7 Å². The molecule has 21 heavy (non-hydrogen) atoms. The van der Waals surface area contributed by atoms with Crippen LogP contribution >= 0.6 is 0 Å². The predicted molar refractivity (Wildman–Crippen MR) is 80.2 cm³/mol. The van der Waals surface area contributed by atoms with E-state index in [1.165, 1.54) is 12.8 Å². The number of aryl methyl sites for hydroxylation is 3. The van der Waals surface area contributed by atoms with E-state index in [1.54, 1.807) is 4.52 Å². The highest BCUT2D eigenvalue weighted by atomic mass is 16.1. The van der Waals surface area contributed by atoms with Crippen LogP contribution < -0.4 is 11.1 Å². The van der Waals surface area contributed by atoms with E-state index < -0.39 is 0 Å². The summed E-state index contributed by atoms with van der Waals surface area (Å²) in [6, 6.07) is 2.00. The van der Waals surface area contributed by atoms with E-state index in [4.69, 9.17) is 5.73 Å². The van der Waals surface area contributed by atoms with E-state index >= 15 is 0 Å². The Labute approximate surface area is 123 Å². The molecule has 0 saturated heterocycles. The van der Waals surface area contributed by atoms with E-state index in [1.807, 2.05) is 26.8 Å². The Morgan fingerprint density at radius 3 is 2.86 bits per heavy atom. The maximum atomic E-state index is 12.5. The second-order valence-corrected chi connectivity index (χ2v) is 5.95. The van der Waals surface area contributed by atoms with Gasteiger partial charge >= 0.3 is 0 Å². The first kappa shape index (κ1) is 14.0. The Morgan fingerprint density at radius 2 is 2.19 bits per heavy atom. The van der Waals surface area contributed by atoms with Crippen LogP contribution in [0.2, 0.25) is 0 Å². The molecule has 1 unspecified atom stereocenters. The van der Waals surface area contributed by atoms with Crippen LogP contribution in [0.15, 0.2) is 6.07 Å². The van der Waals surface area contributed by atoms with Crippen LogP contribution in [0.5, 0.6) is 0 Å². The van der Waals surface area contributed by atoms with Gasteiger partial charge in [0.2, 0.25) is 0 Å². The van der Waals surface area contributed by atoms with Crippen molar-refractivity contribution in [3.05, 3.63) is 28.7 Å². The summed E-state index contributed by atoms with van der Waals surface area (Å²) in [5, 5.41) is 7.33. The second kappa shape index (κ2) is 5.11. The number of nitrogens with one attached hydrogen (secondary N) is 1. The number of amides is 1. The lowest BCUT2D eigenvalue weighted by atomic mass is 10.2. The van der Waals surface area contributed by atoms with Crippen LogP contribution in [-0.4, -0.2) is 33.1 Å². The molecule has 0 spiro atoms. The van der Waals surface area contributed by atoms with Crippen molar-refractivity contribution >= 4 is 11.6 Å². The highest BCUT2D eigenvalue weighted by Crippen LogP contribution is 2.31. The van der Waals surface area contributed by atoms with Gasteiger partial charge in [-0.3, -0.25) is 4.79 Å². The third-order valence-electron chi connectivity index (χ3n) is 4.02. The fourth-order valence-corrected chi connectivity index (χ4v) is 2.68. The summed E-state index contributed by atoms with van der Waals surface area (Å²) >= 11 is 0. The fourth-order valence-electron chi connectivity index (χ4n) is 2.68. The summed E-state index contributed by atoms with van der Waals surface area (Å²) < 4.78 is 1.72. The van der Waals surface area contributed by atoms with E-state index in [2.05, 4.69) is 15.4 Å². The summed E-state index contributed by atoms with van der Waals surface area (Å²) in [5.74, 6) is 0.425. The van der Waals surface area contributed by atoms with Gasteiger partial charge in [0.15, 0.2) is 5.65 Å². The minimum absolute atomic E-state index is 0.0486. The molecule has 2 aromatic heterocycles. The zero-order chi connectivity index (χ0) is 15.1. The van der Waals surface area contributed by atoms with Crippen molar-refractivity contribution in [3.8, 4) is 0 Å². The molecule has 0 aromatic carbocycles. The maximum Gasteiger partial charge on any atom is 0.257 e. The largest absolute Gasteiger partial charge is 0.350 e. The van der Waals surface area contributed by atoms with Gasteiger partial charge in [0, 0.05) is 24.0 Å². The Bertz CT molecular complexity index is 702. The molecule has 1 aliphatic carbocycles. The van der Waals surface area contributed by atoms with Crippen molar-refractivity contribution in [1.82, 2.24) is 19.9 Å². The second-order valence-electron chi connectivity index (χ2n) is 5.95. The summed E-state index contributed by atoms with van der Waals surface area (Å²) in [6.45, 7) is 6.21. The molecule has 3 rings (SSSR count). The van der Waals surface area contributed by atoms with Gasteiger partial charge in [0.25, 0.3) is 5.91 Å². The maximum absolute atomic E-state index is 12.5. The van der Waals surface area contributed by atoms with E-state index in [-0.39, 0.29) is 11.9 Å². The van der Waals surface area contributed by atoms with Gasteiger partial charge in [0.05, 0.1) is 5.69 Å². The molecule has 1 fully saturated rings. The van der Waals surface area contributed by atoms with Crippen LogP contribution in [-0.2, 0) is 0 Å². The van der Waals surface area contributed by atoms with Gasteiger partial charge in [-0.05, 0) is 45.6 Å². The zero-order valence-electron chi connectivity index (χ0n) is 12.7. The first-order valence-electron chi connectivity index (χ1n) is 7.34. The molecule has 2 aromatic rings. The zero-order valence-corrected chi connectivity index (χ0v) is 12.7. The fraction of sp³-hybridized carbons (Fsp3) is 0.533. The molecular weight excluding hydrogens is 266 g/mol. The molecule has 112 valence electrons. The quantitative estimate of drug-likeness (QED) is 0.882. The SMILES string of the molecule is Cc1cc(C)n2nc(C)c(C(=O)NCC(N)C3CC3)c2n1. The summed E-state index contributed by atoms with van der Waals surface area (Å²) in [5.41, 5.74) is 9.72. The number of fused-ring (bicyclic) bond motifs is 1. The minimum atomic E-state index is -0.142. The molecule has 0 radical (unpaired) electrons.